The fourth-order valence-corrected chi connectivity index (χ4v) is 2.53. The van der Waals surface area contributed by atoms with Gasteiger partial charge in [0.1, 0.15) is 12.4 Å². The molecule has 120 valence electrons. The first kappa shape index (κ1) is 17.0. The van der Waals surface area contributed by atoms with E-state index in [1.165, 1.54) is 5.56 Å². The van der Waals surface area contributed by atoms with Gasteiger partial charge in [-0.25, -0.2) is 9.98 Å². The van der Waals surface area contributed by atoms with Crippen molar-refractivity contribution in [1.82, 2.24) is 14.9 Å². The Hall–Kier alpha value is -1.35. The zero-order valence-electron chi connectivity index (χ0n) is 12.9. The fourth-order valence-electron chi connectivity index (χ4n) is 2.53. The normalized spacial score (nSPS) is 19.3. The third kappa shape index (κ3) is 3.89. The third-order valence-electron chi connectivity index (χ3n) is 3.64. The lowest BCUT2D eigenvalue weighted by Crippen LogP contribution is -2.47. The summed E-state index contributed by atoms with van der Waals surface area (Å²) in [5, 5.41) is 0. The van der Waals surface area contributed by atoms with Crippen molar-refractivity contribution in [2.24, 2.45) is 10.7 Å². The van der Waals surface area contributed by atoms with Crippen LogP contribution in [0.2, 0.25) is 0 Å². The summed E-state index contributed by atoms with van der Waals surface area (Å²) in [6.07, 6.45) is 0.196. The van der Waals surface area contributed by atoms with E-state index in [0.29, 0.717) is 19.1 Å². The largest absolute Gasteiger partial charge is 0.375 e. The first-order valence-electron chi connectivity index (χ1n) is 7.23. The summed E-state index contributed by atoms with van der Waals surface area (Å²) in [6, 6.07) is 6.16. The topological polar surface area (TPSA) is 79.5 Å². The standard InChI is InChI=1S/C15H21N5O.HI/c1-10-3-4-12-13(7-10)19-14(18-12)8-17-15(16)20-5-6-21-11(2)9-20;/h3-4,7,11H,5-6,8-9H2,1-2H3,(H2,16,17)(H,18,19);1H. The first-order valence-corrected chi connectivity index (χ1v) is 7.23. The minimum atomic E-state index is 0. The van der Waals surface area contributed by atoms with Crippen molar-refractivity contribution >= 4 is 41.0 Å². The first-order chi connectivity index (χ1) is 10.1. The highest BCUT2D eigenvalue weighted by Gasteiger charge is 2.18. The summed E-state index contributed by atoms with van der Waals surface area (Å²) in [7, 11) is 0. The van der Waals surface area contributed by atoms with Gasteiger partial charge in [-0.2, -0.15) is 0 Å². The fraction of sp³-hybridized carbons (Fsp3) is 0.467. The number of nitrogens with one attached hydrogen (secondary N) is 1. The highest BCUT2D eigenvalue weighted by molar-refractivity contribution is 14.0. The molecule has 1 unspecified atom stereocenters. The number of aromatic nitrogens is 2. The van der Waals surface area contributed by atoms with Gasteiger partial charge in [-0.1, -0.05) is 6.07 Å². The Balaban J connectivity index is 0.00000176. The highest BCUT2D eigenvalue weighted by atomic mass is 127. The van der Waals surface area contributed by atoms with E-state index in [4.69, 9.17) is 10.5 Å². The van der Waals surface area contributed by atoms with Crippen molar-refractivity contribution in [1.29, 1.82) is 0 Å². The number of fused-ring (bicyclic) bond motifs is 1. The summed E-state index contributed by atoms with van der Waals surface area (Å²) >= 11 is 0. The van der Waals surface area contributed by atoms with Crippen molar-refractivity contribution in [2.75, 3.05) is 19.7 Å². The molecule has 0 saturated carbocycles. The molecule has 7 heteroatoms. The van der Waals surface area contributed by atoms with Gasteiger partial charge >= 0.3 is 0 Å². The van der Waals surface area contributed by atoms with E-state index in [9.17, 15) is 0 Å². The number of nitrogens with zero attached hydrogens (tertiary/aromatic N) is 3. The predicted octanol–water partition coefficient (Wildman–Crippen LogP) is 2.02. The third-order valence-corrected chi connectivity index (χ3v) is 3.64. The molecule has 0 spiro atoms. The number of H-pyrrole nitrogens is 1. The maximum Gasteiger partial charge on any atom is 0.191 e. The molecule has 1 saturated heterocycles. The number of guanidine groups is 1. The van der Waals surface area contributed by atoms with Crippen LogP contribution < -0.4 is 5.73 Å². The summed E-state index contributed by atoms with van der Waals surface area (Å²) in [6.45, 7) is 6.84. The average molecular weight is 415 g/mol. The molecule has 1 aromatic heterocycles. The van der Waals surface area contributed by atoms with Crippen molar-refractivity contribution < 1.29 is 4.74 Å². The molecule has 0 bridgehead atoms. The zero-order valence-corrected chi connectivity index (χ0v) is 15.2. The van der Waals surface area contributed by atoms with E-state index in [1.807, 2.05) is 13.0 Å². The number of aromatic amines is 1. The van der Waals surface area contributed by atoms with E-state index in [-0.39, 0.29) is 30.1 Å². The summed E-state index contributed by atoms with van der Waals surface area (Å²) < 4.78 is 5.50. The van der Waals surface area contributed by atoms with Gasteiger partial charge in [0.15, 0.2) is 5.96 Å². The van der Waals surface area contributed by atoms with Crippen LogP contribution in [0.15, 0.2) is 23.2 Å². The molecular formula is C15H22IN5O. The molecule has 3 rings (SSSR count). The van der Waals surface area contributed by atoms with Gasteiger partial charge < -0.3 is 20.4 Å². The Morgan fingerprint density at radius 3 is 3.14 bits per heavy atom. The van der Waals surface area contributed by atoms with Crippen LogP contribution >= 0.6 is 24.0 Å². The van der Waals surface area contributed by atoms with Crippen LogP contribution in [-0.2, 0) is 11.3 Å². The second-order valence-corrected chi connectivity index (χ2v) is 5.51. The Morgan fingerprint density at radius 2 is 2.36 bits per heavy atom. The van der Waals surface area contributed by atoms with Gasteiger partial charge in [0.25, 0.3) is 0 Å². The van der Waals surface area contributed by atoms with Gasteiger partial charge in [0.2, 0.25) is 0 Å². The molecule has 1 atom stereocenters. The molecule has 1 aliphatic rings. The number of halogens is 1. The van der Waals surface area contributed by atoms with E-state index in [1.54, 1.807) is 0 Å². The summed E-state index contributed by atoms with van der Waals surface area (Å²) in [5.74, 6) is 1.39. The number of aryl methyl sites for hydroxylation is 1. The van der Waals surface area contributed by atoms with Crippen LogP contribution in [0.5, 0.6) is 0 Å². The Morgan fingerprint density at radius 1 is 1.55 bits per heavy atom. The number of aliphatic imine (C=N–C) groups is 1. The summed E-state index contributed by atoms with van der Waals surface area (Å²) in [5.41, 5.74) is 9.27. The average Bonchev–Trinajstić information content (AvgIpc) is 2.86. The molecular weight excluding hydrogens is 393 g/mol. The summed E-state index contributed by atoms with van der Waals surface area (Å²) in [4.78, 5) is 14.3. The molecule has 0 amide bonds. The van der Waals surface area contributed by atoms with Gasteiger partial charge in [-0.15, -0.1) is 24.0 Å². The number of imidazole rings is 1. The molecule has 1 aromatic carbocycles. The van der Waals surface area contributed by atoms with Gasteiger partial charge in [-0.05, 0) is 31.5 Å². The van der Waals surface area contributed by atoms with E-state index in [0.717, 1.165) is 29.9 Å². The number of hydrogen-bond donors (Lipinski definition) is 2. The van der Waals surface area contributed by atoms with Crippen molar-refractivity contribution in [2.45, 2.75) is 26.5 Å². The number of ether oxygens (including phenoxy) is 1. The molecule has 6 nitrogen and oxygen atoms in total. The zero-order chi connectivity index (χ0) is 14.8. The smallest absolute Gasteiger partial charge is 0.191 e. The van der Waals surface area contributed by atoms with Crippen molar-refractivity contribution in [3.63, 3.8) is 0 Å². The lowest BCUT2D eigenvalue weighted by Gasteiger charge is -2.31. The highest BCUT2D eigenvalue weighted by Crippen LogP contribution is 2.13. The van der Waals surface area contributed by atoms with Crippen LogP contribution in [0.1, 0.15) is 18.3 Å². The second kappa shape index (κ2) is 7.28. The molecule has 22 heavy (non-hydrogen) atoms. The molecule has 1 aliphatic heterocycles. The molecule has 0 aliphatic carbocycles. The number of rotatable bonds is 2. The van der Waals surface area contributed by atoms with E-state index in [2.05, 4.69) is 38.9 Å². The minimum absolute atomic E-state index is 0. The van der Waals surface area contributed by atoms with E-state index >= 15 is 0 Å². The Bertz CT molecular complexity index is 669. The number of nitrogens with two attached hydrogens (primary N) is 1. The quantitative estimate of drug-likeness (QED) is 0.447. The lowest BCUT2D eigenvalue weighted by atomic mass is 10.2. The minimum Gasteiger partial charge on any atom is -0.375 e. The van der Waals surface area contributed by atoms with Crippen molar-refractivity contribution in [3.05, 3.63) is 29.6 Å². The monoisotopic (exact) mass is 415 g/mol. The maximum absolute atomic E-state index is 6.06. The van der Waals surface area contributed by atoms with Gasteiger partial charge in [0.05, 0.1) is 23.7 Å². The molecule has 3 N–H and O–H groups in total. The van der Waals surface area contributed by atoms with Gasteiger partial charge in [-0.3, -0.25) is 0 Å². The van der Waals surface area contributed by atoms with Crippen LogP contribution in [0, 0.1) is 6.92 Å². The van der Waals surface area contributed by atoms with Crippen LogP contribution in [-0.4, -0.2) is 46.6 Å². The SMILES string of the molecule is Cc1ccc2nc(CN=C(N)N3CCOC(C)C3)[nH]c2c1.I. The molecule has 0 radical (unpaired) electrons. The van der Waals surface area contributed by atoms with Crippen molar-refractivity contribution in [3.8, 4) is 0 Å². The second-order valence-electron chi connectivity index (χ2n) is 5.51. The van der Waals surface area contributed by atoms with Gasteiger partial charge in [0, 0.05) is 13.1 Å². The number of benzene rings is 1. The van der Waals surface area contributed by atoms with Crippen LogP contribution in [0.3, 0.4) is 0 Å². The van der Waals surface area contributed by atoms with Crippen LogP contribution in [0.25, 0.3) is 11.0 Å². The Kier molecular flexibility index (Phi) is 5.63. The molecule has 2 aromatic rings. The predicted molar refractivity (Wildman–Crippen MR) is 98.6 cm³/mol. The van der Waals surface area contributed by atoms with Crippen LogP contribution in [0.4, 0.5) is 0 Å². The Labute approximate surface area is 147 Å². The maximum atomic E-state index is 6.06. The number of morpholine rings is 1. The lowest BCUT2D eigenvalue weighted by molar-refractivity contribution is 0.00528. The molecule has 2 heterocycles. The van der Waals surface area contributed by atoms with E-state index < -0.39 is 0 Å². The molecule has 1 fully saturated rings. The number of hydrogen-bond acceptors (Lipinski definition) is 3.